The summed E-state index contributed by atoms with van der Waals surface area (Å²) < 4.78 is 0. The summed E-state index contributed by atoms with van der Waals surface area (Å²) in [6.07, 6.45) is 4.18. The van der Waals surface area contributed by atoms with Crippen molar-refractivity contribution in [3.05, 3.63) is 36.2 Å². The van der Waals surface area contributed by atoms with Gasteiger partial charge in [-0.05, 0) is 51.0 Å². The third-order valence-corrected chi connectivity index (χ3v) is 3.26. The molecule has 0 spiro atoms. The lowest BCUT2D eigenvalue weighted by Crippen LogP contribution is -2.35. The number of rotatable bonds is 3. The Morgan fingerprint density at radius 1 is 1.18 bits per heavy atom. The maximum atomic E-state index is 4.74. The lowest BCUT2D eigenvalue weighted by Gasteiger charge is -2.20. The summed E-state index contributed by atoms with van der Waals surface area (Å²) in [4.78, 5) is 9.04. The van der Waals surface area contributed by atoms with Crippen LogP contribution in [0.3, 0.4) is 0 Å². The van der Waals surface area contributed by atoms with Gasteiger partial charge in [0.25, 0.3) is 0 Å². The van der Waals surface area contributed by atoms with Crippen LogP contribution < -0.4 is 5.32 Å². The number of nitrogens with zero attached hydrogens (tertiary/aromatic N) is 2. The summed E-state index contributed by atoms with van der Waals surface area (Å²) in [5.74, 6) is 0. The molecule has 0 unspecified atom stereocenters. The van der Waals surface area contributed by atoms with E-state index in [1.54, 1.807) is 0 Å². The van der Waals surface area contributed by atoms with Gasteiger partial charge in [0.05, 0.1) is 22.3 Å². The van der Waals surface area contributed by atoms with Crippen molar-refractivity contribution in [3.8, 4) is 0 Å². The molecule has 0 aliphatic heterocycles. The Morgan fingerprint density at radius 3 is 2.71 bits per heavy atom. The first-order chi connectivity index (χ1) is 8.20. The van der Waals surface area contributed by atoms with Crippen LogP contribution in [0.4, 0.5) is 0 Å². The van der Waals surface area contributed by atoms with E-state index in [-0.39, 0.29) is 5.54 Å². The van der Waals surface area contributed by atoms with Crippen molar-refractivity contribution in [1.82, 2.24) is 15.3 Å². The minimum absolute atomic E-state index is 0.123. The van der Waals surface area contributed by atoms with Crippen LogP contribution in [0, 0.1) is 0 Å². The van der Waals surface area contributed by atoms with Crippen LogP contribution >= 0.6 is 0 Å². The summed E-state index contributed by atoms with van der Waals surface area (Å²) >= 11 is 0. The van der Waals surface area contributed by atoms with Gasteiger partial charge in [-0.3, -0.25) is 4.98 Å². The summed E-state index contributed by atoms with van der Waals surface area (Å²) in [5.41, 5.74) is 3.24. The first-order valence-corrected chi connectivity index (χ1v) is 6.20. The van der Waals surface area contributed by atoms with E-state index in [4.69, 9.17) is 4.98 Å². The molecule has 0 aromatic carbocycles. The van der Waals surface area contributed by atoms with Gasteiger partial charge < -0.3 is 5.32 Å². The van der Waals surface area contributed by atoms with Crippen molar-refractivity contribution >= 4 is 11.0 Å². The quantitative estimate of drug-likeness (QED) is 0.876. The highest BCUT2D eigenvalue weighted by molar-refractivity contribution is 5.73. The second kappa shape index (κ2) is 3.77. The Balaban J connectivity index is 2.01. The normalized spacial score (nSPS) is 17.6. The molecule has 1 aliphatic rings. The van der Waals surface area contributed by atoms with Gasteiger partial charge >= 0.3 is 0 Å². The zero-order valence-electron chi connectivity index (χ0n) is 10.3. The highest BCUT2D eigenvalue weighted by atomic mass is 15.1. The first kappa shape index (κ1) is 10.7. The van der Waals surface area contributed by atoms with Crippen LogP contribution in [0.2, 0.25) is 0 Å². The molecule has 0 atom stereocenters. The minimum atomic E-state index is 0.123. The zero-order chi connectivity index (χ0) is 11.9. The van der Waals surface area contributed by atoms with Crippen LogP contribution in [0.1, 0.15) is 32.4 Å². The third-order valence-electron chi connectivity index (χ3n) is 3.26. The van der Waals surface area contributed by atoms with E-state index in [0.29, 0.717) is 6.04 Å². The fraction of sp³-hybridized carbons (Fsp3) is 0.429. The Labute approximate surface area is 101 Å². The van der Waals surface area contributed by atoms with E-state index in [2.05, 4.69) is 36.3 Å². The van der Waals surface area contributed by atoms with Crippen molar-refractivity contribution in [3.63, 3.8) is 0 Å². The van der Waals surface area contributed by atoms with Crippen LogP contribution in [0.25, 0.3) is 11.0 Å². The van der Waals surface area contributed by atoms with E-state index in [1.165, 1.54) is 12.8 Å². The molecule has 3 rings (SSSR count). The molecule has 0 bridgehead atoms. The summed E-state index contributed by atoms with van der Waals surface area (Å²) in [7, 11) is 0. The predicted octanol–water partition coefficient (Wildman–Crippen LogP) is 2.62. The summed E-state index contributed by atoms with van der Waals surface area (Å²) in [6.45, 7) is 4.37. The van der Waals surface area contributed by atoms with Crippen molar-refractivity contribution in [2.24, 2.45) is 0 Å². The molecule has 2 aromatic heterocycles. The molecule has 0 saturated heterocycles. The lowest BCUT2D eigenvalue weighted by molar-refractivity contribution is 0.453. The van der Waals surface area contributed by atoms with Gasteiger partial charge in [-0.1, -0.05) is 0 Å². The second-order valence-electron chi connectivity index (χ2n) is 5.12. The molecular formula is C14H17N3. The van der Waals surface area contributed by atoms with Gasteiger partial charge in [0.1, 0.15) is 0 Å². The average molecular weight is 227 g/mol. The van der Waals surface area contributed by atoms with Crippen LogP contribution in [-0.4, -0.2) is 16.0 Å². The van der Waals surface area contributed by atoms with Crippen molar-refractivity contribution in [2.45, 2.75) is 38.3 Å². The van der Waals surface area contributed by atoms with Gasteiger partial charge in [0.15, 0.2) is 0 Å². The number of pyridine rings is 2. The number of hydrogen-bond donors (Lipinski definition) is 1. The van der Waals surface area contributed by atoms with Crippen molar-refractivity contribution in [2.75, 3.05) is 0 Å². The number of nitrogens with one attached hydrogen (secondary N) is 1. The van der Waals surface area contributed by atoms with E-state index in [9.17, 15) is 0 Å². The van der Waals surface area contributed by atoms with Crippen molar-refractivity contribution in [1.29, 1.82) is 0 Å². The monoisotopic (exact) mass is 227 g/mol. The fourth-order valence-electron chi connectivity index (χ4n) is 2.38. The zero-order valence-corrected chi connectivity index (χ0v) is 10.3. The molecule has 1 saturated carbocycles. The third kappa shape index (κ3) is 1.91. The number of fused-ring (bicyclic) bond motifs is 1. The maximum absolute atomic E-state index is 4.74. The van der Waals surface area contributed by atoms with E-state index in [1.807, 2.05) is 18.3 Å². The van der Waals surface area contributed by atoms with E-state index in [0.717, 1.165) is 16.7 Å². The Kier molecular flexibility index (Phi) is 2.37. The Bertz CT molecular complexity index is 544. The SMILES string of the molecule is CC(C)NC1(c2ccc3ncccc3n2)CC1. The highest BCUT2D eigenvalue weighted by Gasteiger charge is 2.45. The summed E-state index contributed by atoms with van der Waals surface area (Å²) in [6, 6.07) is 8.63. The number of aromatic nitrogens is 2. The summed E-state index contributed by atoms with van der Waals surface area (Å²) in [5, 5.41) is 3.63. The standard InChI is InChI=1S/C14H17N3/c1-10(2)17-14(7-8-14)13-6-5-11-12(16-13)4-3-9-15-11/h3-6,9-10,17H,7-8H2,1-2H3. The molecule has 88 valence electrons. The first-order valence-electron chi connectivity index (χ1n) is 6.20. The number of hydrogen-bond acceptors (Lipinski definition) is 3. The molecule has 3 heteroatoms. The highest BCUT2D eigenvalue weighted by Crippen LogP contribution is 2.45. The van der Waals surface area contributed by atoms with Gasteiger partial charge in [0, 0.05) is 12.2 Å². The lowest BCUT2D eigenvalue weighted by atomic mass is 10.1. The van der Waals surface area contributed by atoms with Gasteiger partial charge in [-0.15, -0.1) is 0 Å². The maximum Gasteiger partial charge on any atom is 0.0890 e. The van der Waals surface area contributed by atoms with Gasteiger partial charge in [-0.25, -0.2) is 4.98 Å². The molecular weight excluding hydrogens is 210 g/mol. The van der Waals surface area contributed by atoms with Crippen LogP contribution in [-0.2, 0) is 5.54 Å². The topological polar surface area (TPSA) is 37.8 Å². The smallest absolute Gasteiger partial charge is 0.0890 e. The predicted molar refractivity (Wildman–Crippen MR) is 68.7 cm³/mol. The largest absolute Gasteiger partial charge is 0.304 e. The second-order valence-corrected chi connectivity index (χ2v) is 5.12. The molecule has 0 radical (unpaired) electrons. The van der Waals surface area contributed by atoms with E-state index >= 15 is 0 Å². The molecule has 2 aromatic rings. The fourth-order valence-corrected chi connectivity index (χ4v) is 2.38. The minimum Gasteiger partial charge on any atom is -0.304 e. The molecule has 1 aliphatic carbocycles. The molecule has 17 heavy (non-hydrogen) atoms. The Morgan fingerprint density at radius 2 is 2.00 bits per heavy atom. The van der Waals surface area contributed by atoms with Crippen LogP contribution in [0.5, 0.6) is 0 Å². The van der Waals surface area contributed by atoms with Crippen LogP contribution in [0.15, 0.2) is 30.5 Å². The van der Waals surface area contributed by atoms with Crippen molar-refractivity contribution < 1.29 is 0 Å². The van der Waals surface area contributed by atoms with E-state index < -0.39 is 0 Å². The van der Waals surface area contributed by atoms with Gasteiger partial charge in [0.2, 0.25) is 0 Å². The molecule has 2 heterocycles. The molecule has 3 nitrogen and oxygen atoms in total. The molecule has 0 amide bonds. The van der Waals surface area contributed by atoms with Gasteiger partial charge in [-0.2, -0.15) is 0 Å². The molecule has 1 N–H and O–H groups in total. The molecule has 1 fully saturated rings. The Hall–Kier alpha value is -1.48. The average Bonchev–Trinajstić information content (AvgIpc) is 3.08.